The van der Waals surface area contributed by atoms with Gasteiger partial charge in [0, 0.05) is 29.6 Å². The van der Waals surface area contributed by atoms with Crippen molar-refractivity contribution in [3.05, 3.63) is 16.0 Å². The maximum Gasteiger partial charge on any atom is 0.232 e. The van der Waals surface area contributed by atoms with Crippen LogP contribution in [0.4, 0.5) is 5.82 Å². The molecule has 6 nitrogen and oxygen atoms in total. The molecule has 1 aliphatic heterocycles. The highest BCUT2D eigenvalue weighted by Crippen LogP contribution is 2.29. The SMILES string of the molecule is O=C1CC(CS(=O)(=O)Cl)CN1c1ncc(Br)nc1Cl. The number of anilines is 1. The molecule has 0 bridgehead atoms. The van der Waals surface area contributed by atoms with Crippen molar-refractivity contribution in [1.29, 1.82) is 0 Å². The molecule has 10 heteroatoms. The Morgan fingerprint density at radius 2 is 2.21 bits per heavy atom. The summed E-state index contributed by atoms with van der Waals surface area (Å²) in [6.45, 7) is 0.209. The largest absolute Gasteiger partial charge is 0.294 e. The normalized spacial score (nSPS) is 20.1. The van der Waals surface area contributed by atoms with Crippen molar-refractivity contribution in [2.45, 2.75) is 6.42 Å². The number of hydrogen-bond donors (Lipinski definition) is 0. The van der Waals surface area contributed by atoms with E-state index in [0.29, 0.717) is 4.60 Å². The zero-order valence-electron chi connectivity index (χ0n) is 9.38. The predicted molar refractivity (Wildman–Crippen MR) is 74.8 cm³/mol. The third kappa shape index (κ3) is 3.77. The maximum atomic E-state index is 11.9. The van der Waals surface area contributed by atoms with Crippen LogP contribution in [0, 0.1) is 5.92 Å². The molecule has 0 saturated carbocycles. The molecular formula is C9H8BrCl2N3O3S. The fourth-order valence-corrected chi connectivity index (χ4v) is 3.85. The van der Waals surface area contributed by atoms with E-state index in [1.165, 1.54) is 11.1 Å². The quantitative estimate of drug-likeness (QED) is 0.737. The number of halogens is 3. The number of carbonyl (C=O) groups excluding carboxylic acids is 1. The van der Waals surface area contributed by atoms with Crippen molar-refractivity contribution in [2.75, 3.05) is 17.2 Å². The molecule has 0 aliphatic carbocycles. The van der Waals surface area contributed by atoms with E-state index in [4.69, 9.17) is 22.3 Å². The zero-order valence-corrected chi connectivity index (χ0v) is 13.3. The number of amides is 1. The van der Waals surface area contributed by atoms with Crippen molar-refractivity contribution >= 4 is 59.0 Å². The van der Waals surface area contributed by atoms with E-state index < -0.39 is 9.05 Å². The van der Waals surface area contributed by atoms with Gasteiger partial charge < -0.3 is 0 Å². The van der Waals surface area contributed by atoms with Crippen LogP contribution in [0.2, 0.25) is 5.15 Å². The Balaban J connectivity index is 2.20. The molecule has 0 aromatic carbocycles. The highest BCUT2D eigenvalue weighted by molar-refractivity contribution is 9.10. The smallest absolute Gasteiger partial charge is 0.232 e. The van der Waals surface area contributed by atoms with Gasteiger partial charge in [-0.15, -0.1) is 0 Å². The Morgan fingerprint density at radius 3 is 2.79 bits per heavy atom. The summed E-state index contributed by atoms with van der Waals surface area (Å²) in [7, 11) is 1.55. The molecular weight excluding hydrogens is 381 g/mol. The minimum absolute atomic E-state index is 0.0807. The molecule has 0 N–H and O–H groups in total. The lowest BCUT2D eigenvalue weighted by Crippen LogP contribution is -2.26. The first-order valence-electron chi connectivity index (χ1n) is 5.17. The Morgan fingerprint density at radius 1 is 1.53 bits per heavy atom. The van der Waals surface area contributed by atoms with Gasteiger partial charge in [0.1, 0.15) is 4.60 Å². The lowest BCUT2D eigenvalue weighted by atomic mass is 10.1. The topological polar surface area (TPSA) is 80.2 Å². The molecule has 104 valence electrons. The molecule has 0 spiro atoms. The average molecular weight is 389 g/mol. The molecule has 19 heavy (non-hydrogen) atoms. The van der Waals surface area contributed by atoms with E-state index in [1.54, 1.807) is 0 Å². The Kier molecular flexibility index (Phi) is 4.34. The minimum atomic E-state index is -3.64. The number of hydrogen-bond acceptors (Lipinski definition) is 5. The van der Waals surface area contributed by atoms with Crippen LogP contribution >= 0.6 is 38.2 Å². The van der Waals surface area contributed by atoms with Crippen molar-refractivity contribution in [1.82, 2.24) is 9.97 Å². The van der Waals surface area contributed by atoms with Crippen molar-refractivity contribution < 1.29 is 13.2 Å². The van der Waals surface area contributed by atoms with E-state index in [1.807, 2.05) is 0 Å². The van der Waals surface area contributed by atoms with Crippen LogP contribution in [0.15, 0.2) is 10.8 Å². The standard InChI is InChI=1S/C9H8BrCl2N3O3S/c10-6-2-13-9(8(11)14-6)15-3-5(1-7(15)16)4-19(12,17)18/h2,5H,1,3-4H2. The summed E-state index contributed by atoms with van der Waals surface area (Å²) in [6.07, 6.45) is 1.51. The molecule has 1 aromatic heterocycles. The zero-order chi connectivity index (χ0) is 14.2. The molecule has 0 radical (unpaired) electrons. The Labute approximate surface area is 127 Å². The summed E-state index contributed by atoms with van der Waals surface area (Å²) in [5.41, 5.74) is 0. The second-order valence-corrected chi connectivity index (χ2v) is 8.08. The van der Waals surface area contributed by atoms with Gasteiger partial charge in [-0.25, -0.2) is 18.4 Å². The van der Waals surface area contributed by atoms with E-state index in [2.05, 4.69) is 25.9 Å². The number of carbonyl (C=O) groups is 1. The summed E-state index contributed by atoms with van der Waals surface area (Å²) in [5.74, 6) is -0.636. The fraction of sp³-hybridized carbons (Fsp3) is 0.444. The lowest BCUT2D eigenvalue weighted by Gasteiger charge is -2.16. The Bertz CT molecular complexity index is 625. The third-order valence-corrected chi connectivity index (χ3v) is 4.46. The van der Waals surface area contributed by atoms with Crippen LogP contribution < -0.4 is 4.90 Å². The van der Waals surface area contributed by atoms with Crippen LogP contribution in [0.5, 0.6) is 0 Å². The molecule has 1 atom stereocenters. The molecule has 1 amide bonds. The highest BCUT2D eigenvalue weighted by Gasteiger charge is 2.35. The van der Waals surface area contributed by atoms with Crippen molar-refractivity contribution in [3.63, 3.8) is 0 Å². The summed E-state index contributed by atoms with van der Waals surface area (Å²) < 4.78 is 22.5. The predicted octanol–water partition coefficient (Wildman–Crippen LogP) is 1.81. The van der Waals surface area contributed by atoms with Gasteiger partial charge in [0.05, 0.1) is 11.9 Å². The van der Waals surface area contributed by atoms with Gasteiger partial charge in [-0.3, -0.25) is 9.69 Å². The number of nitrogens with zero attached hydrogens (tertiary/aromatic N) is 3. The molecule has 1 aromatic rings. The molecule has 1 unspecified atom stereocenters. The van der Waals surface area contributed by atoms with E-state index in [-0.39, 0.29) is 41.5 Å². The van der Waals surface area contributed by atoms with E-state index in [0.717, 1.165) is 0 Å². The van der Waals surface area contributed by atoms with Crippen LogP contribution in [0.25, 0.3) is 0 Å². The fourth-order valence-electron chi connectivity index (χ4n) is 1.90. The molecule has 1 aliphatic rings. The van der Waals surface area contributed by atoms with Crippen LogP contribution in [-0.2, 0) is 13.8 Å². The first-order chi connectivity index (χ1) is 8.76. The van der Waals surface area contributed by atoms with Gasteiger partial charge >= 0.3 is 0 Å². The summed E-state index contributed by atoms with van der Waals surface area (Å²) in [6, 6.07) is 0. The van der Waals surface area contributed by atoms with Crippen molar-refractivity contribution in [3.8, 4) is 0 Å². The highest BCUT2D eigenvalue weighted by atomic mass is 79.9. The second-order valence-electron chi connectivity index (χ2n) is 4.09. The van der Waals surface area contributed by atoms with Gasteiger partial charge in [-0.05, 0) is 15.9 Å². The van der Waals surface area contributed by atoms with Crippen molar-refractivity contribution in [2.24, 2.45) is 5.92 Å². The number of rotatable bonds is 3. The summed E-state index contributed by atoms with van der Waals surface area (Å²) >= 11 is 9.03. The number of aromatic nitrogens is 2. The van der Waals surface area contributed by atoms with E-state index >= 15 is 0 Å². The maximum absolute atomic E-state index is 11.9. The van der Waals surface area contributed by atoms with Gasteiger partial charge in [0.25, 0.3) is 0 Å². The van der Waals surface area contributed by atoms with Crippen LogP contribution in [0.1, 0.15) is 6.42 Å². The van der Waals surface area contributed by atoms with Gasteiger partial charge in [-0.1, -0.05) is 11.6 Å². The summed E-state index contributed by atoms with van der Waals surface area (Å²) in [4.78, 5) is 21.1. The molecule has 1 saturated heterocycles. The first kappa shape index (κ1) is 15.0. The van der Waals surface area contributed by atoms with Gasteiger partial charge in [-0.2, -0.15) is 0 Å². The molecule has 2 heterocycles. The Hall–Kier alpha value is -0.440. The van der Waals surface area contributed by atoms with Gasteiger partial charge in [0.15, 0.2) is 11.0 Å². The lowest BCUT2D eigenvalue weighted by molar-refractivity contribution is -0.117. The average Bonchev–Trinajstić information content (AvgIpc) is 2.56. The third-order valence-electron chi connectivity index (χ3n) is 2.58. The molecule has 1 fully saturated rings. The molecule has 2 rings (SSSR count). The second kappa shape index (κ2) is 5.51. The van der Waals surface area contributed by atoms with Crippen LogP contribution in [-0.4, -0.2) is 36.6 Å². The van der Waals surface area contributed by atoms with Crippen LogP contribution in [0.3, 0.4) is 0 Å². The first-order valence-corrected chi connectivity index (χ1v) is 8.82. The summed E-state index contributed by atoms with van der Waals surface area (Å²) in [5, 5.41) is 0.0807. The minimum Gasteiger partial charge on any atom is -0.294 e. The van der Waals surface area contributed by atoms with E-state index in [9.17, 15) is 13.2 Å². The van der Waals surface area contributed by atoms with Gasteiger partial charge in [0.2, 0.25) is 15.0 Å². The monoisotopic (exact) mass is 387 g/mol.